The summed E-state index contributed by atoms with van der Waals surface area (Å²) in [6.07, 6.45) is 6.58. The second-order valence-corrected chi connectivity index (χ2v) is 3.55. The first-order chi connectivity index (χ1) is 5.81. The molecule has 0 unspecified atom stereocenters. The molecule has 0 aliphatic carbocycles. The maximum atomic E-state index is 10.7. The van der Waals surface area contributed by atoms with Crippen LogP contribution in [0.4, 0.5) is 0 Å². The van der Waals surface area contributed by atoms with Crippen LogP contribution in [0.3, 0.4) is 0 Å². The van der Waals surface area contributed by atoms with Crippen LogP contribution in [0.2, 0.25) is 0 Å². The highest BCUT2D eigenvalue weighted by Crippen LogP contribution is 2.00. The molecule has 3 heteroatoms. The van der Waals surface area contributed by atoms with Crippen LogP contribution in [0.15, 0.2) is 0 Å². The monoisotopic (exact) mass is 190 g/mol. The van der Waals surface area contributed by atoms with E-state index in [1.165, 1.54) is 31.0 Å². The van der Waals surface area contributed by atoms with Gasteiger partial charge in [0.05, 0.1) is 0 Å². The smallest absolute Gasteiger partial charge is 0.214 e. The van der Waals surface area contributed by atoms with Gasteiger partial charge in [-0.1, -0.05) is 37.9 Å². The predicted molar refractivity (Wildman–Crippen MR) is 53.5 cm³/mol. The zero-order valence-corrected chi connectivity index (χ0v) is 8.78. The summed E-state index contributed by atoms with van der Waals surface area (Å²) >= 11 is 1.23. The Morgan fingerprint density at radius 1 is 1.33 bits per heavy atom. The zero-order valence-electron chi connectivity index (χ0n) is 7.97. The van der Waals surface area contributed by atoms with Crippen LogP contribution in [-0.4, -0.2) is 24.6 Å². The van der Waals surface area contributed by atoms with E-state index in [0.717, 1.165) is 13.0 Å². The van der Waals surface area contributed by atoms with Gasteiger partial charge in [-0.05, 0) is 12.7 Å². The van der Waals surface area contributed by atoms with E-state index in [1.807, 2.05) is 0 Å². The molecule has 0 radical (unpaired) electrons. The van der Waals surface area contributed by atoms with Crippen molar-refractivity contribution in [2.45, 2.75) is 32.6 Å². The molecular formula is C9H18O2S. The van der Waals surface area contributed by atoms with E-state index in [1.54, 1.807) is 6.26 Å². The molecule has 0 saturated carbocycles. The van der Waals surface area contributed by atoms with Gasteiger partial charge in [0.25, 0.3) is 0 Å². The molecule has 2 nitrogen and oxygen atoms in total. The summed E-state index contributed by atoms with van der Waals surface area (Å²) in [5.41, 5.74) is 0. The van der Waals surface area contributed by atoms with E-state index >= 15 is 0 Å². The Kier molecular flexibility index (Phi) is 9.06. The average molecular weight is 190 g/mol. The first kappa shape index (κ1) is 12.0. The zero-order chi connectivity index (χ0) is 9.23. The predicted octanol–water partition coefficient (Wildman–Crippen LogP) is 2.47. The fourth-order valence-electron chi connectivity index (χ4n) is 0.845. The molecule has 0 rings (SSSR count). The Labute approximate surface area is 79.1 Å². The van der Waals surface area contributed by atoms with Crippen LogP contribution in [-0.2, 0) is 9.53 Å². The number of unbranched alkanes of at least 4 members (excludes halogenated alkanes) is 3. The van der Waals surface area contributed by atoms with Gasteiger partial charge in [-0.2, -0.15) is 0 Å². The first-order valence-electron chi connectivity index (χ1n) is 4.45. The van der Waals surface area contributed by atoms with E-state index in [4.69, 9.17) is 4.74 Å². The van der Waals surface area contributed by atoms with Crippen molar-refractivity contribution in [1.82, 2.24) is 0 Å². The lowest BCUT2D eigenvalue weighted by atomic mass is 10.2. The molecule has 0 aromatic heterocycles. The number of rotatable bonds is 7. The minimum atomic E-state index is 0.116. The molecule has 72 valence electrons. The fraction of sp³-hybridized carbons (Fsp3) is 0.889. The number of carbonyl (C=O) groups excluding carboxylic acids is 1. The largest absolute Gasteiger partial charge is 0.373 e. The normalized spacial score (nSPS) is 10.2. The van der Waals surface area contributed by atoms with Gasteiger partial charge in [-0.25, -0.2) is 0 Å². The van der Waals surface area contributed by atoms with Crippen molar-refractivity contribution in [1.29, 1.82) is 0 Å². The Morgan fingerprint density at radius 3 is 2.67 bits per heavy atom. The third kappa shape index (κ3) is 8.08. The van der Waals surface area contributed by atoms with Gasteiger partial charge in [-0.3, -0.25) is 4.79 Å². The quantitative estimate of drug-likeness (QED) is 0.577. The highest BCUT2D eigenvalue weighted by molar-refractivity contribution is 8.13. The number of ether oxygens (including phenoxy) is 1. The van der Waals surface area contributed by atoms with Crippen molar-refractivity contribution in [3.63, 3.8) is 0 Å². The summed E-state index contributed by atoms with van der Waals surface area (Å²) in [4.78, 5) is 10.7. The van der Waals surface area contributed by atoms with E-state index in [9.17, 15) is 4.79 Å². The topological polar surface area (TPSA) is 26.3 Å². The van der Waals surface area contributed by atoms with Crippen LogP contribution in [0, 0.1) is 0 Å². The standard InChI is InChI=1S/C9H18O2S/c1-3-4-5-6-7-11-8-9(10)12-2/h3-8H2,1-2H3. The van der Waals surface area contributed by atoms with E-state index in [0.29, 0.717) is 0 Å². The average Bonchev–Trinajstić information content (AvgIpc) is 2.10. The Balaban J connectivity index is 2.95. The minimum Gasteiger partial charge on any atom is -0.373 e. The van der Waals surface area contributed by atoms with Crippen molar-refractivity contribution in [2.24, 2.45) is 0 Å². The second-order valence-electron chi connectivity index (χ2n) is 2.69. The summed E-state index contributed by atoms with van der Waals surface area (Å²) in [7, 11) is 0. The third-order valence-corrected chi connectivity index (χ3v) is 2.16. The lowest BCUT2D eigenvalue weighted by molar-refractivity contribution is -0.115. The number of carbonyl (C=O) groups is 1. The van der Waals surface area contributed by atoms with Crippen LogP contribution < -0.4 is 0 Å². The van der Waals surface area contributed by atoms with Crippen molar-refractivity contribution < 1.29 is 9.53 Å². The van der Waals surface area contributed by atoms with Gasteiger partial charge in [0.2, 0.25) is 5.12 Å². The van der Waals surface area contributed by atoms with E-state index in [2.05, 4.69) is 6.92 Å². The molecule has 0 aliphatic heterocycles. The summed E-state index contributed by atoms with van der Waals surface area (Å²) in [5.74, 6) is 0. The summed E-state index contributed by atoms with van der Waals surface area (Å²) in [6, 6.07) is 0. The number of hydrogen-bond donors (Lipinski definition) is 0. The summed E-state index contributed by atoms with van der Waals surface area (Å²) in [5, 5.41) is 0.116. The van der Waals surface area contributed by atoms with Gasteiger partial charge in [-0.15, -0.1) is 0 Å². The molecule has 12 heavy (non-hydrogen) atoms. The first-order valence-corrected chi connectivity index (χ1v) is 5.68. The molecule has 0 fully saturated rings. The molecule has 0 aliphatic rings. The molecule has 0 N–H and O–H groups in total. The van der Waals surface area contributed by atoms with Crippen molar-refractivity contribution >= 4 is 16.9 Å². The second kappa shape index (κ2) is 9.07. The van der Waals surface area contributed by atoms with E-state index < -0.39 is 0 Å². The Bertz CT molecular complexity index is 115. The molecule has 0 heterocycles. The summed E-state index contributed by atoms with van der Waals surface area (Å²) < 4.78 is 5.16. The number of thioether (sulfide) groups is 1. The molecule has 0 atom stereocenters. The lowest BCUT2D eigenvalue weighted by Gasteiger charge is -2.00. The maximum Gasteiger partial charge on any atom is 0.214 e. The molecule has 0 saturated heterocycles. The third-order valence-electron chi connectivity index (χ3n) is 1.59. The van der Waals surface area contributed by atoms with Gasteiger partial charge in [0.15, 0.2) is 0 Å². The fourth-order valence-corrected chi connectivity index (χ4v) is 1.05. The van der Waals surface area contributed by atoms with Crippen molar-refractivity contribution in [3.8, 4) is 0 Å². The van der Waals surface area contributed by atoms with Crippen molar-refractivity contribution in [2.75, 3.05) is 19.5 Å². The molecular weight excluding hydrogens is 172 g/mol. The molecule has 0 aromatic carbocycles. The van der Waals surface area contributed by atoms with Gasteiger partial charge >= 0.3 is 0 Å². The SMILES string of the molecule is CCCCCCOCC(=O)SC. The van der Waals surface area contributed by atoms with Gasteiger partial charge < -0.3 is 4.74 Å². The minimum absolute atomic E-state index is 0.116. The Hall–Kier alpha value is -0.0200. The summed E-state index contributed by atoms with van der Waals surface area (Å²) in [6.45, 7) is 3.18. The lowest BCUT2D eigenvalue weighted by Crippen LogP contribution is -2.04. The highest BCUT2D eigenvalue weighted by atomic mass is 32.2. The van der Waals surface area contributed by atoms with Gasteiger partial charge in [0, 0.05) is 6.61 Å². The van der Waals surface area contributed by atoms with Crippen LogP contribution in [0.25, 0.3) is 0 Å². The highest BCUT2D eigenvalue weighted by Gasteiger charge is 1.97. The van der Waals surface area contributed by atoms with Crippen LogP contribution >= 0.6 is 11.8 Å². The molecule has 0 aromatic rings. The maximum absolute atomic E-state index is 10.7. The molecule has 0 spiro atoms. The molecule has 0 bridgehead atoms. The Morgan fingerprint density at radius 2 is 2.08 bits per heavy atom. The van der Waals surface area contributed by atoms with Crippen LogP contribution in [0.1, 0.15) is 32.6 Å². The van der Waals surface area contributed by atoms with Crippen LogP contribution in [0.5, 0.6) is 0 Å². The van der Waals surface area contributed by atoms with E-state index in [-0.39, 0.29) is 11.7 Å². The number of hydrogen-bond acceptors (Lipinski definition) is 3. The van der Waals surface area contributed by atoms with Crippen molar-refractivity contribution in [3.05, 3.63) is 0 Å². The molecule has 0 amide bonds. The van der Waals surface area contributed by atoms with Gasteiger partial charge in [0.1, 0.15) is 6.61 Å².